The summed E-state index contributed by atoms with van der Waals surface area (Å²) < 4.78 is 0. The van der Waals surface area contributed by atoms with Crippen LogP contribution in [0.15, 0.2) is 17.5 Å². The lowest BCUT2D eigenvalue weighted by atomic mass is 10.2. The van der Waals surface area contributed by atoms with Crippen molar-refractivity contribution < 1.29 is 9.90 Å². The van der Waals surface area contributed by atoms with Crippen LogP contribution < -0.4 is 0 Å². The molecule has 17 heavy (non-hydrogen) atoms. The van der Waals surface area contributed by atoms with Gasteiger partial charge in [0.05, 0.1) is 0 Å². The van der Waals surface area contributed by atoms with Crippen LogP contribution in [0.4, 0.5) is 0 Å². The summed E-state index contributed by atoms with van der Waals surface area (Å²) in [6.07, 6.45) is 3.97. The largest absolute Gasteiger partial charge is 0.478 e. The molecule has 0 radical (unpaired) electrons. The first-order valence-electron chi connectivity index (χ1n) is 5.72. The summed E-state index contributed by atoms with van der Waals surface area (Å²) in [6.45, 7) is 5.23. The highest BCUT2D eigenvalue weighted by Gasteiger charge is 2.10. The molecule has 0 aromatic carbocycles. The minimum atomic E-state index is -0.905. The highest BCUT2D eigenvalue weighted by molar-refractivity contribution is 7.10. The standard InChI is InChI=1S/C13H19NO2S/c1-4-10(2)14(3)9-12-11(7-8-17-12)5-6-13(15)16/h5-8,10H,4,9H2,1-3H3,(H,15,16). The van der Waals surface area contributed by atoms with Crippen LogP contribution in [-0.2, 0) is 11.3 Å². The quantitative estimate of drug-likeness (QED) is 0.792. The van der Waals surface area contributed by atoms with E-state index in [0.29, 0.717) is 6.04 Å². The molecule has 0 bridgehead atoms. The monoisotopic (exact) mass is 253 g/mol. The molecular weight excluding hydrogens is 234 g/mol. The van der Waals surface area contributed by atoms with Crippen molar-refractivity contribution in [3.8, 4) is 0 Å². The highest BCUT2D eigenvalue weighted by atomic mass is 32.1. The van der Waals surface area contributed by atoms with E-state index in [2.05, 4.69) is 25.8 Å². The number of carboxylic acids is 1. The van der Waals surface area contributed by atoms with Gasteiger partial charge in [-0.2, -0.15) is 0 Å². The smallest absolute Gasteiger partial charge is 0.328 e. The van der Waals surface area contributed by atoms with Gasteiger partial charge in [-0.05, 0) is 43.5 Å². The molecule has 0 saturated carbocycles. The zero-order valence-electron chi connectivity index (χ0n) is 10.5. The zero-order valence-corrected chi connectivity index (χ0v) is 11.3. The Hall–Kier alpha value is -1.13. The summed E-state index contributed by atoms with van der Waals surface area (Å²) in [7, 11) is 2.10. The number of carbonyl (C=O) groups is 1. The van der Waals surface area contributed by atoms with Crippen LogP contribution in [0.1, 0.15) is 30.7 Å². The van der Waals surface area contributed by atoms with Gasteiger partial charge in [0.1, 0.15) is 0 Å². The van der Waals surface area contributed by atoms with E-state index in [1.165, 1.54) is 11.0 Å². The summed E-state index contributed by atoms with van der Waals surface area (Å²) >= 11 is 1.67. The summed E-state index contributed by atoms with van der Waals surface area (Å²) in [5.74, 6) is -0.905. The number of carboxylic acid groups (broad SMARTS) is 1. The van der Waals surface area contributed by atoms with Crippen LogP contribution in [0.3, 0.4) is 0 Å². The van der Waals surface area contributed by atoms with E-state index in [-0.39, 0.29) is 0 Å². The van der Waals surface area contributed by atoms with Crippen molar-refractivity contribution >= 4 is 23.4 Å². The normalized spacial score (nSPS) is 13.4. The van der Waals surface area contributed by atoms with Crippen molar-refractivity contribution in [2.75, 3.05) is 7.05 Å². The van der Waals surface area contributed by atoms with E-state index in [1.54, 1.807) is 17.4 Å². The van der Waals surface area contributed by atoms with E-state index in [4.69, 9.17) is 5.11 Å². The van der Waals surface area contributed by atoms with Gasteiger partial charge in [0, 0.05) is 23.5 Å². The lowest BCUT2D eigenvalue weighted by molar-refractivity contribution is -0.131. The fourth-order valence-corrected chi connectivity index (χ4v) is 2.41. The summed E-state index contributed by atoms with van der Waals surface area (Å²) in [5.41, 5.74) is 1.01. The first kappa shape index (κ1) is 13.9. The second-order valence-electron chi connectivity index (χ2n) is 4.14. The van der Waals surface area contributed by atoms with Gasteiger partial charge in [-0.3, -0.25) is 4.90 Å². The van der Waals surface area contributed by atoms with Gasteiger partial charge in [0.25, 0.3) is 0 Å². The second-order valence-corrected chi connectivity index (χ2v) is 5.14. The molecule has 94 valence electrons. The van der Waals surface area contributed by atoms with Crippen molar-refractivity contribution in [2.24, 2.45) is 0 Å². The topological polar surface area (TPSA) is 40.5 Å². The van der Waals surface area contributed by atoms with Gasteiger partial charge < -0.3 is 5.11 Å². The third-order valence-corrected chi connectivity index (χ3v) is 3.84. The molecule has 1 heterocycles. The third kappa shape index (κ3) is 4.32. The number of hydrogen-bond donors (Lipinski definition) is 1. The Morgan fingerprint density at radius 3 is 2.94 bits per heavy atom. The molecule has 0 aliphatic carbocycles. The molecular formula is C13H19NO2S. The van der Waals surface area contributed by atoms with Crippen molar-refractivity contribution in [3.63, 3.8) is 0 Å². The summed E-state index contributed by atoms with van der Waals surface area (Å²) in [5, 5.41) is 10.6. The average molecular weight is 253 g/mol. The van der Waals surface area contributed by atoms with Crippen LogP contribution >= 0.6 is 11.3 Å². The molecule has 0 aliphatic rings. The molecule has 0 amide bonds. The van der Waals surface area contributed by atoms with E-state index in [9.17, 15) is 4.79 Å². The average Bonchev–Trinajstić information content (AvgIpc) is 2.72. The lowest BCUT2D eigenvalue weighted by Gasteiger charge is -2.23. The molecule has 1 unspecified atom stereocenters. The lowest BCUT2D eigenvalue weighted by Crippen LogP contribution is -2.27. The molecule has 0 aliphatic heterocycles. The van der Waals surface area contributed by atoms with E-state index in [1.807, 2.05) is 11.4 Å². The number of rotatable bonds is 6. The SMILES string of the molecule is CCC(C)N(C)Cc1sccc1C=CC(=O)O. The van der Waals surface area contributed by atoms with Gasteiger partial charge in [-0.1, -0.05) is 6.92 Å². The maximum atomic E-state index is 10.5. The third-order valence-electron chi connectivity index (χ3n) is 2.92. The Kier molecular flexibility index (Phi) is 5.38. The fourth-order valence-electron chi connectivity index (χ4n) is 1.48. The van der Waals surface area contributed by atoms with E-state index in [0.717, 1.165) is 18.5 Å². The molecule has 0 saturated heterocycles. The molecule has 1 aromatic rings. The second kappa shape index (κ2) is 6.57. The molecule has 1 atom stereocenters. The Morgan fingerprint density at radius 1 is 1.65 bits per heavy atom. The Labute approximate surface area is 106 Å². The van der Waals surface area contributed by atoms with E-state index >= 15 is 0 Å². The van der Waals surface area contributed by atoms with Crippen molar-refractivity contribution in [3.05, 3.63) is 28.0 Å². The Morgan fingerprint density at radius 2 is 2.35 bits per heavy atom. The van der Waals surface area contributed by atoms with Gasteiger partial charge in [-0.25, -0.2) is 4.79 Å². The van der Waals surface area contributed by atoms with Gasteiger partial charge in [0.15, 0.2) is 0 Å². The highest BCUT2D eigenvalue weighted by Crippen LogP contribution is 2.21. The molecule has 0 spiro atoms. The molecule has 0 fully saturated rings. The van der Waals surface area contributed by atoms with Crippen LogP contribution in [-0.4, -0.2) is 29.1 Å². The number of nitrogens with zero attached hydrogens (tertiary/aromatic N) is 1. The van der Waals surface area contributed by atoms with Crippen molar-refractivity contribution in [2.45, 2.75) is 32.9 Å². The van der Waals surface area contributed by atoms with Gasteiger partial charge >= 0.3 is 5.97 Å². The van der Waals surface area contributed by atoms with Crippen molar-refractivity contribution in [1.82, 2.24) is 4.90 Å². The zero-order chi connectivity index (χ0) is 12.8. The predicted octanol–water partition coefficient (Wildman–Crippen LogP) is 3.08. The van der Waals surface area contributed by atoms with Crippen molar-refractivity contribution in [1.29, 1.82) is 0 Å². The van der Waals surface area contributed by atoms with Gasteiger partial charge in [0.2, 0.25) is 0 Å². The maximum Gasteiger partial charge on any atom is 0.328 e. The number of thiophene rings is 1. The molecule has 4 heteroatoms. The first-order chi connectivity index (χ1) is 8.04. The van der Waals surface area contributed by atoms with E-state index < -0.39 is 5.97 Å². The molecule has 3 nitrogen and oxygen atoms in total. The number of hydrogen-bond acceptors (Lipinski definition) is 3. The van der Waals surface area contributed by atoms with Crippen LogP contribution in [0.2, 0.25) is 0 Å². The summed E-state index contributed by atoms with van der Waals surface area (Å²) in [6, 6.07) is 2.50. The number of aliphatic carboxylic acids is 1. The minimum Gasteiger partial charge on any atom is -0.478 e. The molecule has 1 rings (SSSR count). The predicted molar refractivity (Wildman–Crippen MR) is 72.2 cm³/mol. The van der Waals surface area contributed by atoms with Crippen LogP contribution in [0.25, 0.3) is 6.08 Å². The van der Waals surface area contributed by atoms with Gasteiger partial charge in [-0.15, -0.1) is 11.3 Å². The molecule has 1 aromatic heterocycles. The Balaban J connectivity index is 2.72. The fraction of sp³-hybridized carbons (Fsp3) is 0.462. The van der Waals surface area contributed by atoms with Crippen LogP contribution in [0, 0.1) is 0 Å². The summed E-state index contributed by atoms with van der Waals surface area (Å²) in [4.78, 5) is 14.0. The maximum absolute atomic E-state index is 10.5. The Bertz CT molecular complexity index is 398. The van der Waals surface area contributed by atoms with Crippen LogP contribution in [0.5, 0.6) is 0 Å². The molecule has 1 N–H and O–H groups in total. The minimum absolute atomic E-state index is 0.536. The first-order valence-corrected chi connectivity index (χ1v) is 6.60.